The van der Waals surface area contributed by atoms with Gasteiger partial charge < -0.3 is 18.5 Å². The maximum atomic E-state index is 12.6. The van der Waals surface area contributed by atoms with Crippen molar-refractivity contribution in [3.05, 3.63) is 58.2 Å². The van der Waals surface area contributed by atoms with E-state index in [1.165, 1.54) is 7.11 Å². The number of benzene rings is 1. The van der Waals surface area contributed by atoms with Crippen molar-refractivity contribution < 1.29 is 23.2 Å². The van der Waals surface area contributed by atoms with Crippen LogP contribution in [0.2, 0.25) is 0 Å². The predicted molar refractivity (Wildman–Crippen MR) is 101 cm³/mol. The van der Waals surface area contributed by atoms with Gasteiger partial charge in [-0.1, -0.05) is 12.1 Å². The Morgan fingerprint density at radius 2 is 1.93 bits per heavy atom. The third-order valence-corrected chi connectivity index (χ3v) is 4.88. The van der Waals surface area contributed by atoms with Crippen LogP contribution in [0.25, 0.3) is 11.0 Å². The molecule has 0 bridgehead atoms. The van der Waals surface area contributed by atoms with E-state index in [1.807, 2.05) is 26.0 Å². The minimum atomic E-state index is -0.452. The number of aryl methyl sites for hydroxylation is 3. The van der Waals surface area contributed by atoms with Gasteiger partial charge >= 0.3 is 5.97 Å². The Balaban J connectivity index is 1.73. The van der Waals surface area contributed by atoms with Gasteiger partial charge in [0.1, 0.15) is 22.7 Å². The third kappa shape index (κ3) is 3.60. The largest absolute Gasteiger partial charge is 0.465 e. The van der Waals surface area contributed by atoms with Crippen molar-refractivity contribution in [3.8, 4) is 0 Å². The van der Waals surface area contributed by atoms with Crippen LogP contribution in [-0.2, 0) is 22.5 Å². The Morgan fingerprint density at radius 3 is 2.63 bits per heavy atom. The van der Waals surface area contributed by atoms with E-state index in [0.717, 1.165) is 27.7 Å². The number of methoxy groups -OCH3 is 1. The lowest BCUT2D eigenvalue weighted by atomic mass is 10.0. The summed E-state index contributed by atoms with van der Waals surface area (Å²) in [7, 11) is 3.03. The van der Waals surface area contributed by atoms with Gasteiger partial charge in [-0.15, -0.1) is 0 Å². The highest BCUT2D eigenvalue weighted by Gasteiger charge is 2.19. The summed E-state index contributed by atoms with van der Waals surface area (Å²) in [6, 6.07) is 5.64. The van der Waals surface area contributed by atoms with Crippen molar-refractivity contribution >= 4 is 22.8 Å². The number of nitrogens with zero attached hydrogens (tertiary/aromatic N) is 1. The van der Waals surface area contributed by atoms with Gasteiger partial charge in [0, 0.05) is 18.0 Å². The zero-order chi connectivity index (χ0) is 19.7. The van der Waals surface area contributed by atoms with Gasteiger partial charge in [-0.05, 0) is 38.0 Å². The summed E-state index contributed by atoms with van der Waals surface area (Å²) >= 11 is 0. The molecule has 1 aromatic carbocycles. The van der Waals surface area contributed by atoms with Crippen LogP contribution in [0.15, 0.2) is 33.3 Å². The first-order valence-electron chi connectivity index (χ1n) is 8.69. The van der Waals surface area contributed by atoms with Gasteiger partial charge in [-0.25, -0.2) is 4.79 Å². The average Bonchev–Trinajstić information content (AvgIpc) is 3.21. The molecule has 142 valence electrons. The number of fused-ring (bicyclic) bond motifs is 1. The normalized spacial score (nSPS) is 11.0. The zero-order valence-corrected chi connectivity index (χ0v) is 16.2. The lowest BCUT2D eigenvalue weighted by Gasteiger charge is -2.15. The first-order chi connectivity index (χ1) is 12.8. The number of likely N-dealkylation sites (N-methyl/N-ethyl adjacent to an activating group) is 1. The average molecular weight is 369 g/mol. The van der Waals surface area contributed by atoms with Crippen molar-refractivity contribution in [3.63, 3.8) is 0 Å². The highest BCUT2D eigenvalue weighted by Crippen LogP contribution is 2.27. The Hall–Kier alpha value is -3.02. The number of amides is 1. The van der Waals surface area contributed by atoms with Gasteiger partial charge in [-0.3, -0.25) is 4.79 Å². The van der Waals surface area contributed by atoms with Gasteiger partial charge in [0.25, 0.3) is 0 Å². The molecule has 0 aliphatic rings. The maximum absolute atomic E-state index is 12.6. The molecule has 0 aliphatic carbocycles. The van der Waals surface area contributed by atoms with Crippen LogP contribution < -0.4 is 0 Å². The van der Waals surface area contributed by atoms with Gasteiger partial charge in [0.2, 0.25) is 5.91 Å². The Kier molecular flexibility index (Phi) is 5.08. The quantitative estimate of drug-likeness (QED) is 0.637. The maximum Gasteiger partial charge on any atom is 0.341 e. The molecule has 0 fully saturated rings. The lowest BCUT2D eigenvalue weighted by molar-refractivity contribution is -0.129. The Labute approximate surface area is 157 Å². The summed E-state index contributed by atoms with van der Waals surface area (Å²) in [4.78, 5) is 25.9. The molecule has 3 aromatic rings. The van der Waals surface area contributed by atoms with E-state index in [-0.39, 0.29) is 18.9 Å². The van der Waals surface area contributed by atoms with Crippen LogP contribution in [0.3, 0.4) is 0 Å². The minimum Gasteiger partial charge on any atom is -0.465 e. The third-order valence-electron chi connectivity index (χ3n) is 4.88. The van der Waals surface area contributed by atoms with E-state index >= 15 is 0 Å². The summed E-state index contributed by atoms with van der Waals surface area (Å²) in [6.07, 6.45) is 1.88. The van der Waals surface area contributed by atoms with Crippen molar-refractivity contribution in [1.82, 2.24) is 4.90 Å². The highest BCUT2D eigenvalue weighted by atomic mass is 16.5. The highest BCUT2D eigenvalue weighted by molar-refractivity contribution is 5.91. The summed E-state index contributed by atoms with van der Waals surface area (Å²) < 4.78 is 16.0. The molecular formula is C21H23NO5. The molecular weight excluding hydrogens is 346 g/mol. The number of hydrogen-bond donors (Lipinski definition) is 0. The number of rotatable bonds is 5. The van der Waals surface area contributed by atoms with Crippen LogP contribution >= 0.6 is 0 Å². The van der Waals surface area contributed by atoms with Crippen molar-refractivity contribution in [1.29, 1.82) is 0 Å². The van der Waals surface area contributed by atoms with Crippen molar-refractivity contribution in [2.45, 2.75) is 33.7 Å². The SMILES string of the molecule is COC(=O)c1cc(CN(C)C(=O)Cc2coc3c(C)c(C)ccc23)oc1C. The van der Waals surface area contributed by atoms with E-state index in [9.17, 15) is 9.59 Å². The summed E-state index contributed by atoms with van der Waals surface area (Å²) in [5, 5.41) is 0.960. The summed E-state index contributed by atoms with van der Waals surface area (Å²) in [5.41, 5.74) is 4.29. The molecule has 0 saturated carbocycles. The van der Waals surface area contributed by atoms with Crippen LogP contribution in [-0.4, -0.2) is 30.9 Å². The second kappa shape index (κ2) is 7.31. The van der Waals surface area contributed by atoms with Crippen LogP contribution in [0, 0.1) is 20.8 Å². The standard InChI is InChI=1S/C21H23NO5/c1-12-6-7-17-15(11-26-20(17)13(12)2)8-19(23)22(4)10-16-9-18(14(3)27-16)21(24)25-5/h6-7,9,11H,8,10H2,1-5H3. The molecule has 2 aromatic heterocycles. The fraction of sp³-hybridized carbons (Fsp3) is 0.333. The zero-order valence-electron chi connectivity index (χ0n) is 16.2. The number of carbonyl (C=O) groups is 2. The molecule has 0 aliphatic heterocycles. The number of esters is 1. The first kappa shape index (κ1) is 18.8. The first-order valence-corrected chi connectivity index (χ1v) is 8.69. The molecule has 0 saturated heterocycles. The molecule has 0 N–H and O–H groups in total. The smallest absolute Gasteiger partial charge is 0.341 e. The summed E-state index contributed by atoms with van der Waals surface area (Å²) in [5.74, 6) is 0.494. The van der Waals surface area contributed by atoms with Crippen molar-refractivity contribution in [2.75, 3.05) is 14.2 Å². The fourth-order valence-corrected chi connectivity index (χ4v) is 3.08. The lowest BCUT2D eigenvalue weighted by Crippen LogP contribution is -2.27. The molecule has 0 unspecified atom stereocenters. The van der Waals surface area contributed by atoms with Gasteiger partial charge in [-0.2, -0.15) is 0 Å². The molecule has 6 nitrogen and oxygen atoms in total. The molecule has 0 radical (unpaired) electrons. The van der Waals surface area contributed by atoms with Crippen LogP contribution in [0.4, 0.5) is 0 Å². The molecule has 0 spiro atoms. The molecule has 0 atom stereocenters. The molecule has 27 heavy (non-hydrogen) atoms. The number of hydrogen-bond acceptors (Lipinski definition) is 5. The van der Waals surface area contributed by atoms with Crippen LogP contribution in [0.1, 0.15) is 38.6 Å². The van der Waals surface area contributed by atoms with Crippen LogP contribution in [0.5, 0.6) is 0 Å². The van der Waals surface area contributed by atoms with E-state index in [0.29, 0.717) is 17.1 Å². The fourth-order valence-electron chi connectivity index (χ4n) is 3.08. The number of furan rings is 2. The van der Waals surface area contributed by atoms with E-state index < -0.39 is 5.97 Å². The van der Waals surface area contributed by atoms with E-state index in [1.54, 1.807) is 31.2 Å². The van der Waals surface area contributed by atoms with Gasteiger partial charge in [0.15, 0.2) is 0 Å². The monoisotopic (exact) mass is 369 g/mol. The van der Waals surface area contributed by atoms with Crippen molar-refractivity contribution in [2.24, 2.45) is 0 Å². The molecule has 2 heterocycles. The van der Waals surface area contributed by atoms with E-state index in [2.05, 4.69) is 0 Å². The Bertz CT molecular complexity index is 1010. The minimum absolute atomic E-state index is 0.0652. The molecule has 1 amide bonds. The van der Waals surface area contributed by atoms with Gasteiger partial charge in [0.05, 0.1) is 26.3 Å². The second-order valence-corrected chi connectivity index (χ2v) is 6.75. The second-order valence-electron chi connectivity index (χ2n) is 6.75. The topological polar surface area (TPSA) is 72.9 Å². The predicted octanol–water partition coefficient (Wildman–Crippen LogP) is 3.94. The number of carbonyl (C=O) groups excluding carboxylic acids is 2. The summed E-state index contributed by atoms with van der Waals surface area (Å²) in [6.45, 7) is 6.00. The Morgan fingerprint density at radius 1 is 1.19 bits per heavy atom. The molecule has 6 heteroatoms. The number of ether oxygens (including phenoxy) is 1. The molecule has 3 rings (SSSR count). The van der Waals surface area contributed by atoms with E-state index in [4.69, 9.17) is 13.6 Å².